The summed E-state index contributed by atoms with van der Waals surface area (Å²) < 4.78 is 0. The number of nitrogens with one attached hydrogen (secondary N) is 1. The van der Waals surface area contributed by atoms with E-state index in [4.69, 9.17) is 0 Å². The minimum absolute atomic E-state index is 0.0903. The maximum absolute atomic E-state index is 11.6. The van der Waals surface area contributed by atoms with E-state index in [2.05, 4.69) is 22.1 Å². The van der Waals surface area contributed by atoms with E-state index >= 15 is 0 Å². The lowest BCUT2D eigenvalue weighted by atomic mass is 10.0. The second-order valence-electron chi connectivity index (χ2n) is 4.45. The molecule has 0 bridgehead atoms. The molecular weight excluding hydrogens is 234 g/mol. The van der Waals surface area contributed by atoms with Gasteiger partial charge in [-0.15, -0.1) is 11.8 Å². The van der Waals surface area contributed by atoms with E-state index in [0.29, 0.717) is 5.75 Å². The first-order valence-electron chi connectivity index (χ1n) is 5.58. The van der Waals surface area contributed by atoms with Gasteiger partial charge in [-0.2, -0.15) is 0 Å². The molecule has 2 heterocycles. The van der Waals surface area contributed by atoms with Gasteiger partial charge in [0, 0.05) is 24.0 Å². The minimum Gasteiger partial charge on any atom is -0.335 e. The predicted octanol–water partition coefficient (Wildman–Crippen LogP) is 1.05. The molecule has 0 aliphatic carbocycles. The zero-order chi connectivity index (χ0) is 12.5. The van der Waals surface area contributed by atoms with Gasteiger partial charge in [0.05, 0.1) is 5.75 Å². The van der Waals surface area contributed by atoms with Crippen molar-refractivity contribution in [2.45, 2.75) is 17.8 Å². The summed E-state index contributed by atoms with van der Waals surface area (Å²) in [5.41, 5.74) is 1.05. The van der Waals surface area contributed by atoms with Gasteiger partial charge in [-0.25, -0.2) is 0 Å². The second-order valence-corrected chi connectivity index (χ2v) is 5.68. The first-order chi connectivity index (χ1) is 8.06. The summed E-state index contributed by atoms with van der Waals surface area (Å²) in [6.07, 6.45) is 3.58. The van der Waals surface area contributed by atoms with Crippen molar-refractivity contribution in [2.24, 2.45) is 0 Å². The Labute approximate surface area is 106 Å². The standard InChI is InChI=1S/C12H17N3OS/c1-9(15(2)3)12(14-11(16)8-17-12)10-5-4-6-13-7-10/h4-7,9H,8H2,1-3H3,(H,14,16). The number of thioether (sulfide) groups is 1. The Morgan fingerprint density at radius 1 is 1.59 bits per heavy atom. The third-order valence-corrected chi connectivity index (χ3v) is 4.75. The molecule has 1 N–H and O–H groups in total. The molecule has 5 heteroatoms. The first-order valence-corrected chi connectivity index (χ1v) is 6.57. The van der Waals surface area contributed by atoms with Crippen molar-refractivity contribution in [1.29, 1.82) is 0 Å². The van der Waals surface area contributed by atoms with Crippen molar-refractivity contribution in [1.82, 2.24) is 15.2 Å². The number of aromatic nitrogens is 1. The lowest BCUT2D eigenvalue weighted by Gasteiger charge is -2.38. The number of pyridine rings is 1. The van der Waals surface area contributed by atoms with Gasteiger partial charge in [0.1, 0.15) is 4.87 Å². The molecule has 1 aromatic rings. The molecule has 2 rings (SSSR count). The molecule has 0 aromatic carbocycles. The molecule has 17 heavy (non-hydrogen) atoms. The maximum atomic E-state index is 11.6. The van der Waals surface area contributed by atoms with E-state index in [1.807, 2.05) is 32.4 Å². The molecule has 0 spiro atoms. The summed E-state index contributed by atoms with van der Waals surface area (Å²) in [7, 11) is 4.04. The summed E-state index contributed by atoms with van der Waals surface area (Å²) in [5.74, 6) is 0.597. The van der Waals surface area contributed by atoms with Crippen molar-refractivity contribution in [3.63, 3.8) is 0 Å². The van der Waals surface area contributed by atoms with Gasteiger partial charge < -0.3 is 10.2 Å². The third kappa shape index (κ3) is 2.17. The van der Waals surface area contributed by atoms with E-state index < -0.39 is 0 Å². The molecule has 4 nitrogen and oxygen atoms in total. The number of likely N-dealkylation sites (N-methyl/N-ethyl adjacent to an activating group) is 1. The molecule has 2 atom stereocenters. The van der Waals surface area contributed by atoms with Gasteiger partial charge in [0.15, 0.2) is 0 Å². The predicted molar refractivity (Wildman–Crippen MR) is 69.7 cm³/mol. The van der Waals surface area contributed by atoms with Crippen LogP contribution in [0.4, 0.5) is 0 Å². The van der Waals surface area contributed by atoms with Crippen molar-refractivity contribution in [3.8, 4) is 0 Å². The highest BCUT2D eigenvalue weighted by Crippen LogP contribution is 2.41. The fourth-order valence-electron chi connectivity index (χ4n) is 2.03. The fraction of sp³-hybridized carbons (Fsp3) is 0.500. The summed E-state index contributed by atoms with van der Waals surface area (Å²) in [6, 6.07) is 4.12. The summed E-state index contributed by atoms with van der Waals surface area (Å²) in [4.78, 5) is 17.5. The van der Waals surface area contributed by atoms with Crippen LogP contribution in [0.2, 0.25) is 0 Å². The van der Waals surface area contributed by atoms with Crippen LogP contribution in [0.3, 0.4) is 0 Å². The summed E-state index contributed by atoms with van der Waals surface area (Å²) in [5, 5.41) is 3.11. The van der Waals surface area contributed by atoms with Gasteiger partial charge in [0.2, 0.25) is 5.91 Å². The van der Waals surface area contributed by atoms with Crippen molar-refractivity contribution >= 4 is 17.7 Å². The first kappa shape index (κ1) is 12.4. The van der Waals surface area contributed by atoms with Crippen molar-refractivity contribution < 1.29 is 4.79 Å². The van der Waals surface area contributed by atoms with Crippen molar-refractivity contribution in [3.05, 3.63) is 30.1 Å². The largest absolute Gasteiger partial charge is 0.335 e. The lowest BCUT2D eigenvalue weighted by Crippen LogP contribution is -2.51. The zero-order valence-electron chi connectivity index (χ0n) is 10.3. The molecule has 0 radical (unpaired) electrons. The van der Waals surface area contributed by atoms with Crippen LogP contribution >= 0.6 is 11.8 Å². The Morgan fingerprint density at radius 2 is 2.35 bits per heavy atom. The molecule has 1 fully saturated rings. The minimum atomic E-state index is -0.380. The smallest absolute Gasteiger partial charge is 0.231 e. The Balaban J connectivity index is 2.41. The normalized spacial score (nSPS) is 26.0. The second kappa shape index (κ2) is 4.66. The highest BCUT2D eigenvalue weighted by molar-refractivity contribution is 8.01. The molecule has 1 aliphatic rings. The van der Waals surface area contributed by atoms with Crippen LogP contribution in [-0.4, -0.2) is 41.7 Å². The van der Waals surface area contributed by atoms with E-state index in [1.165, 1.54) is 0 Å². The average Bonchev–Trinajstić information content (AvgIpc) is 2.73. The van der Waals surface area contributed by atoms with Crippen LogP contribution in [0, 0.1) is 0 Å². The Hall–Kier alpha value is -1.07. The van der Waals surface area contributed by atoms with Gasteiger partial charge in [0.25, 0.3) is 0 Å². The number of carbonyl (C=O) groups is 1. The number of carbonyl (C=O) groups excluding carboxylic acids is 1. The average molecular weight is 251 g/mol. The number of amides is 1. The number of nitrogens with zero attached hydrogens (tertiary/aromatic N) is 2. The molecule has 0 saturated carbocycles. The number of rotatable bonds is 3. The third-order valence-electron chi connectivity index (χ3n) is 3.21. The quantitative estimate of drug-likeness (QED) is 0.872. The van der Waals surface area contributed by atoms with E-state index in [0.717, 1.165) is 5.56 Å². The highest BCUT2D eigenvalue weighted by atomic mass is 32.2. The van der Waals surface area contributed by atoms with E-state index in [-0.39, 0.29) is 16.8 Å². The molecule has 1 aliphatic heterocycles. The SMILES string of the molecule is CC(N(C)C)C1(c2cccnc2)NC(=O)CS1. The van der Waals surface area contributed by atoms with Crippen LogP contribution in [-0.2, 0) is 9.67 Å². The lowest BCUT2D eigenvalue weighted by molar-refractivity contribution is -0.119. The van der Waals surface area contributed by atoms with Gasteiger partial charge >= 0.3 is 0 Å². The van der Waals surface area contributed by atoms with Gasteiger partial charge in [-0.1, -0.05) is 6.07 Å². The van der Waals surface area contributed by atoms with Crippen LogP contribution in [0.5, 0.6) is 0 Å². The monoisotopic (exact) mass is 251 g/mol. The summed E-state index contributed by atoms with van der Waals surface area (Å²) in [6.45, 7) is 2.12. The molecule has 2 unspecified atom stereocenters. The molecule has 1 amide bonds. The number of hydrogen-bond donors (Lipinski definition) is 1. The van der Waals surface area contributed by atoms with Crippen LogP contribution < -0.4 is 5.32 Å². The molecule has 1 saturated heterocycles. The maximum Gasteiger partial charge on any atom is 0.231 e. The topological polar surface area (TPSA) is 45.2 Å². The molecule has 92 valence electrons. The van der Waals surface area contributed by atoms with Crippen LogP contribution in [0.1, 0.15) is 12.5 Å². The van der Waals surface area contributed by atoms with E-state index in [9.17, 15) is 4.79 Å². The zero-order valence-corrected chi connectivity index (χ0v) is 11.1. The Morgan fingerprint density at radius 3 is 2.82 bits per heavy atom. The van der Waals surface area contributed by atoms with E-state index in [1.54, 1.807) is 18.0 Å². The molecule has 1 aromatic heterocycles. The fourth-order valence-corrected chi connectivity index (χ4v) is 3.38. The summed E-state index contributed by atoms with van der Waals surface area (Å²) >= 11 is 1.65. The highest BCUT2D eigenvalue weighted by Gasteiger charge is 2.45. The van der Waals surface area contributed by atoms with Crippen molar-refractivity contribution in [2.75, 3.05) is 19.8 Å². The van der Waals surface area contributed by atoms with Gasteiger partial charge in [-0.05, 0) is 27.1 Å². The van der Waals surface area contributed by atoms with Crippen LogP contribution in [0.15, 0.2) is 24.5 Å². The number of hydrogen-bond acceptors (Lipinski definition) is 4. The Bertz CT molecular complexity index is 409. The Kier molecular flexibility index (Phi) is 3.40. The van der Waals surface area contributed by atoms with Crippen LogP contribution in [0.25, 0.3) is 0 Å². The van der Waals surface area contributed by atoms with Gasteiger partial charge in [-0.3, -0.25) is 9.78 Å². The molecular formula is C12H17N3OS.